The molecule has 0 aliphatic carbocycles. The largest absolute Gasteiger partial charge is 0.486 e. The van der Waals surface area contributed by atoms with Crippen molar-refractivity contribution in [3.8, 4) is 11.5 Å². The summed E-state index contributed by atoms with van der Waals surface area (Å²) in [5.41, 5.74) is 0. The van der Waals surface area contributed by atoms with Gasteiger partial charge in [-0.25, -0.2) is 8.42 Å². The minimum absolute atomic E-state index is 0.0364. The third-order valence-electron chi connectivity index (χ3n) is 3.71. The molecule has 1 saturated heterocycles. The summed E-state index contributed by atoms with van der Waals surface area (Å²) in [6, 6.07) is 4.76. The molecule has 0 saturated carbocycles. The van der Waals surface area contributed by atoms with Crippen molar-refractivity contribution in [2.45, 2.75) is 24.3 Å². The molecule has 116 valence electrons. The van der Waals surface area contributed by atoms with Crippen LogP contribution in [0, 0.1) is 0 Å². The van der Waals surface area contributed by atoms with Crippen LogP contribution < -0.4 is 9.47 Å². The first-order valence-corrected chi connectivity index (χ1v) is 8.56. The molecule has 0 aromatic heterocycles. The molecule has 0 radical (unpaired) electrons. The average molecular weight is 313 g/mol. The van der Waals surface area contributed by atoms with E-state index in [9.17, 15) is 8.42 Å². The molecule has 1 fully saturated rings. The van der Waals surface area contributed by atoms with E-state index >= 15 is 0 Å². The normalized spacial score (nSPS) is 23.0. The molecule has 21 heavy (non-hydrogen) atoms. The molecule has 0 unspecified atom stereocenters. The molecule has 6 nitrogen and oxygen atoms in total. The van der Waals surface area contributed by atoms with E-state index in [2.05, 4.69) is 0 Å². The van der Waals surface area contributed by atoms with Crippen LogP contribution in [0.15, 0.2) is 23.1 Å². The fraction of sp³-hybridized carbons (Fsp3) is 0.571. The molecular formula is C14H19NO5S. The lowest BCUT2D eigenvalue weighted by Crippen LogP contribution is -2.45. The van der Waals surface area contributed by atoms with Crippen molar-refractivity contribution in [1.82, 2.24) is 4.31 Å². The van der Waals surface area contributed by atoms with Crippen molar-refractivity contribution in [1.29, 1.82) is 0 Å². The third kappa shape index (κ3) is 2.86. The Labute approximate surface area is 124 Å². The number of hydrogen-bond acceptors (Lipinski definition) is 5. The summed E-state index contributed by atoms with van der Waals surface area (Å²) in [6.45, 7) is 4.13. The van der Waals surface area contributed by atoms with Gasteiger partial charge >= 0.3 is 0 Å². The second kappa shape index (κ2) is 5.82. The molecule has 1 aromatic rings. The first-order valence-electron chi connectivity index (χ1n) is 7.12. The number of sulfonamides is 1. The molecule has 0 N–H and O–H groups in total. The number of nitrogens with zero attached hydrogens (tertiary/aromatic N) is 1. The van der Waals surface area contributed by atoms with Crippen molar-refractivity contribution in [2.75, 3.05) is 32.9 Å². The maximum atomic E-state index is 12.7. The Morgan fingerprint density at radius 3 is 2.71 bits per heavy atom. The first-order chi connectivity index (χ1) is 10.1. The molecule has 0 spiro atoms. The molecule has 0 bridgehead atoms. The van der Waals surface area contributed by atoms with Gasteiger partial charge in [0.05, 0.1) is 17.6 Å². The number of rotatable bonds is 3. The molecule has 2 aliphatic rings. The molecule has 2 aliphatic heterocycles. The summed E-state index contributed by atoms with van der Waals surface area (Å²) >= 11 is 0. The van der Waals surface area contributed by atoms with E-state index in [4.69, 9.17) is 14.2 Å². The van der Waals surface area contributed by atoms with E-state index in [1.54, 1.807) is 18.2 Å². The lowest BCUT2D eigenvalue weighted by Gasteiger charge is -2.31. The Bertz CT molecular complexity index is 616. The van der Waals surface area contributed by atoms with Crippen LogP contribution in [0.4, 0.5) is 0 Å². The first kappa shape index (κ1) is 14.6. The maximum absolute atomic E-state index is 12.7. The van der Waals surface area contributed by atoms with Crippen LogP contribution >= 0.6 is 0 Å². The zero-order chi connectivity index (χ0) is 14.9. The highest BCUT2D eigenvalue weighted by molar-refractivity contribution is 7.89. The van der Waals surface area contributed by atoms with Gasteiger partial charge in [0, 0.05) is 19.2 Å². The number of morpholine rings is 1. The minimum Gasteiger partial charge on any atom is -0.486 e. The summed E-state index contributed by atoms with van der Waals surface area (Å²) < 4.78 is 43.3. The summed E-state index contributed by atoms with van der Waals surface area (Å²) in [5.74, 6) is 1.08. The highest BCUT2D eigenvalue weighted by atomic mass is 32.2. The number of fused-ring (bicyclic) bond motifs is 1. The minimum atomic E-state index is -3.52. The zero-order valence-electron chi connectivity index (χ0n) is 11.9. The van der Waals surface area contributed by atoms with Crippen molar-refractivity contribution in [3.63, 3.8) is 0 Å². The lowest BCUT2D eigenvalue weighted by atomic mass is 10.2. The Kier molecular flexibility index (Phi) is 4.05. The van der Waals surface area contributed by atoms with Gasteiger partial charge in [0.1, 0.15) is 13.2 Å². The molecule has 1 aromatic carbocycles. The van der Waals surface area contributed by atoms with E-state index < -0.39 is 10.0 Å². The number of ether oxygens (including phenoxy) is 3. The van der Waals surface area contributed by atoms with Gasteiger partial charge in [-0.2, -0.15) is 4.31 Å². The summed E-state index contributed by atoms with van der Waals surface area (Å²) in [6.07, 6.45) is 0.762. The topological polar surface area (TPSA) is 65.1 Å². The van der Waals surface area contributed by atoms with Gasteiger partial charge < -0.3 is 14.2 Å². The molecule has 3 rings (SSSR count). The van der Waals surface area contributed by atoms with E-state index in [0.29, 0.717) is 44.4 Å². The quantitative estimate of drug-likeness (QED) is 0.840. The van der Waals surface area contributed by atoms with Crippen LogP contribution in [0.1, 0.15) is 13.3 Å². The van der Waals surface area contributed by atoms with Gasteiger partial charge in [0.25, 0.3) is 0 Å². The van der Waals surface area contributed by atoms with Crippen molar-refractivity contribution in [2.24, 2.45) is 0 Å². The van der Waals surface area contributed by atoms with E-state index in [0.717, 1.165) is 6.42 Å². The molecule has 2 heterocycles. The van der Waals surface area contributed by atoms with Crippen LogP contribution in [-0.2, 0) is 14.8 Å². The molecule has 0 amide bonds. The number of hydrogen-bond donors (Lipinski definition) is 0. The standard InChI is InChI=1S/C14H19NO5S/c1-2-11-10-15(5-6-18-11)21(16,17)12-3-4-13-14(9-12)20-8-7-19-13/h3-4,9,11H,2,5-8,10H2,1H3/t11-/m0/s1. The van der Waals surface area contributed by atoms with Crippen LogP contribution in [0.5, 0.6) is 11.5 Å². The van der Waals surface area contributed by atoms with Gasteiger partial charge in [-0.15, -0.1) is 0 Å². The fourth-order valence-electron chi connectivity index (χ4n) is 2.49. The zero-order valence-corrected chi connectivity index (χ0v) is 12.8. The molecule has 1 atom stereocenters. The van der Waals surface area contributed by atoms with Gasteiger partial charge in [-0.05, 0) is 18.6 Å². The predicted octanol–water partition coefficient (Wildman–Crippen LogP) is 1.26. The predicted molar refractivity (Wildman–Crippen MR) is 76.2 cm³/mol. The van der Waals surface area contributed by atoms with E-state index in [-0.39, 0.29) is 11.0 Å². The van der Waals surface area contributed by atoms with E-state index in [1.807, 2.05) is 6.92 Å². The highest BCUT2D eigenvalue weighted by Gasteiger charge is 2.31. The summed E-state index contributed by atoms with van der Waals surface area (Å²) in [7, 11) is -3.52. The molecular weight excluding hydrogens is 294 g/mol. The van der Waals surface area contributed by atoms with Crippen LogP contribution in [0.3, 0.4) is 0 Å². The SMILES string of the molecule is CC[C@H]1CN(S(=O)(=O)c2ccc3c(c2)OCCO3)CCO1. The third-order valence-corrected chi connectivity index (χ3v) is 5.57. The Hall–Kier alpha value is -1.31. The Morgan fingerprint density at radius 1 is 1.19 bits per heavy atom. The average Bonchev–Trinajstić information content (AvgIpc) is 2.54. The van der Waals surface area contributed by atoms with Crippen molar-refractivity contribution in [3.05, 3.63) is 18.2 Å². The second-order valence-corrected chi connectivity index (χ2v) is 7.01. The van der Waals surface area contributed by atoms with Crippen molar-refractivity contribution >= 4 is 10.0 Å². The Balaban J connectivity index is 1.87. The smallest absolute Gasteiger partial charge is 0.243 e. The van der Waals surface area contributed by atoms with Crippen LogP contribution in [-0.4, -0.2) is 51.7 Å². The fourth-order valence-corrected chi connectivity index (χ4v) is 3.96. The van der Waals surface area contributed by atoms with Gasteiger partial charge in [0.2, 0.25) is 10.0 Å². The molecule has 7 heteroatoms. The maximum Gasteiger partial charge on any atom is 0.243 e. The lowest BCUT2D eigenvalue weighted by molar-refractivity contribution is -0.00278. The van der Waals surface area contributed by atoms with Crippen LogP contribution in [0.2, 0.25) is 0 Å². The monoisotopic (exact) mass is 313 g/mol. The van der Waals surface area contributed by atoms with Gasteiger partial charge in [-0.1, -0.05) is 6.92 Å². The number of benzene rings is 1. The van der Waals surface area contributed by atoms with E-state index in [1.165, 1.54) is 4.31 Å². The highest BCUT2D eigenvalue weighted by Crippen LogP contribution is 2.33. The summed E-state index contributed by atoms with van der Waals surface area (Å²) in [4.78, 5) is 0.239. The van der Waals surface area contributed by atoms with Gasteiger partial charge in [0.15, 0.2) is 11.5 Å². The summed E-state index contributed by atoms with van der Waals surface area (Å²) in [5, 5.41) is 0. The van der Waals surface area contributed by atoms with Crippen molar-refractivity contribution < 1.29 is 22.6 Å². The van der Waals surface area contributed by atoms with Crippen LogP contribution in [0.25, 0.3) is 0 Å². The second-order valence-electron chi connectivity index (χ2n) is 5.07. The Morgan fingerprint density at radius 2 is 1.95 bits per heavy atom. The van der Waals surface area contributed by atoms with Gasteiger partial charge in [-0.3, -0.25) is 0 Å².